The lowest BCUT2D eigenvalue weighted by Gasteiger charge is -2.07. The van der Waals surface area contributed by atoms with Crippen molar-refractivity contribution < 1.29 is 4.79 Å². The highest BCUT2D eigenvalue weighted by Crippen LogP contribution is 2.21. The summed E-state index contributed by atoms with van der Waals surface area (Å²) in [5.41, 5.74) is 2.96. The molecule has 0 saturated carbocycles. The molecule has 0 radical (unpaired) electrons. The Bertz CT molecular complexity index is 877. The number of nitrogens with zero attached hydrogens (tertiary/aromatic N) is 3. The van der Waals surface area contributed by atoms with Crippen molar-refractivity contribution in [1.29, 1.82) is 0 Å². The van der Waals surface area contributed by atoms with Crippen LogP contribution in [0.4, 0.5) is 5.69 Å². The zero-order valence-corrected chi connectivity index (χ0v) is 16.1. The van der Waals surface area contributed by atoms with Gasteiger partial charge in [0.2, 0.25) is 11.1 Å². The summed E-state index contributed by atoms with van der Waals surface area (Å²) in [7, 11) is 0. The predicted molar refractivity (Wildman–Crippen MR) is 110 cm³/mol. The van der Waals surface area contributed by atoms with Crippen LogP contribution in [0.25, 0.3) is 11.4 Å². The number of rotatable bonds is 8. The predicted octanol–water partition coefficient (Wildman–Crippen LogP) is 3.73. The maximum Gasteiger partial charge on any atom is 0.234 e. The van der Waals surface area contributed by atoms with Crippen molar-refractivity contribution in [2.75, 3.05) is 16.9 Å². The average Bonchev–Trinajstić information content (AvgIpc) is 3.07. The van der Waals surface area contributed by atoms with Gasteiger partial charge in [-0.05, 0) is 30.5 Å². The zero-order valence-electron chi connectivity index (χ0n) is 15.3. The highest BCUT2D eigenvalue weighted by Gasteiger charge is 2.13. The van der Waals surface area contributed by atoms with E-state index >= 15 is 0 Å². The molecule has 0 spiro atoms. The molecule has 7 heteroatoms. The van der Waals surface area contributed by atoms with Crippen molar-refractivity contribution in [3.05, 3.63) is 60.2 Å². The molecule has 3 rings (SSSR count). The molecule has 3 aromatic rings. The first kappa shape index (κ1) is 19.0. The van der Waals surface area contributed by atoms with Gasteiger partial charge in [0.1, 0.15) is 0 Å². The number of aryl methyl sites for hydroxylation is 1. The molecule has 0 aliphatic rings. The SMILES string of the molecule is CCCCc1ccc(NC(=O)CSc2nnc(-c3ccccc3)n2N)cc1. The minimum Gasteiger partial charge on any atom is -0.335 e. The van der Waals surface area contributed by atoms with E-state index in [1.807, 2.05) is 42.5 Å². The summed E-state index contributed by atoms with van der Waals surface area (Å²) in [5.74, 6) is 6.74. The molecular formula is C20H23N5OS. The topological polar surface area (TPSA) is 85.8 Å². The Morgan fingerprint density at radius 2 is 1.85 bits per heavy atom. The van der Waals surface area contributed by atoms with E-state index in [1.54, 1.807) is 0 Å². The van der Waals surface area contributed by atoms with Crippen LogP contribution >= 0.6 is 11.8 Å². The number of carbonyl (C=O) groups is 1. The Hall–Kier alpha value is -2.80. The molecule has 1 amide bonds. The third-order valence-corrected chi connectivity index (χ3v) is 5.03. The summed E-state index contributed by atoms with van der Waals surface area (Å²) >= 11 is 1.26. The van der Waals surface area contributed by atoms with Gasteiger partial charge in [0.25, 0.3) is 0 Å². The van der Waals surface area contributed by atoms with Crippen LogP contribution < -0.4 is 11.2 Å². The molecule has 1 heterocycles. The van der Waals surface area contributed by atoms with Crippen LogP contribution in [-0.4, -0.2) is 26.5 Å². The first-order valence-corrected chi connectivity index (χ1v) is 9.93. The number of benzene rings is 2. The lowest BCUT2D eigenvalue weighted by Crippen LogP contribution is -2.16. The van der Waals surface area contributed by atoms with Crippen molar-refractivity contribution in [2.45, 2.75) is 31.3 Å². The van der Waals surface area contributed by atoms with Gasteiger partial charge in [0.05, 0.1) is 5.75 Å². The van der Waals surface area contributed by atoms with Crippen LogP contribution in [0.15, 0.2) is 59.8 Å². The van der Waals surface area contributed by atoms with Crippen LogP contribution in [0.1, 0.15) is 25.3 Å². The Labute approximate surface area is 163 Å². The van der Waals surface area contributed by atoms with Gasteiger partial charge in [-0.1, -0.05) is 67.6 Å². The first-order chi connectivity index (χ1) is 13.2. The van der Waals surface area contributed by atoms with Crippen LogP contribution in [0.5, 0.6) is 0 Å². The van der Waals surface area contributed by atoms with E-state index in [0.29, 0.717) is 11.0 Å². The number of nitrogens with two attached hydrogens (primary N) is 1. The normalized spacial score (nSPS) is 10.7. The second-order valence-corrected chi connectivity index (χ2v) is 7.12. The monoisotopic (exact) mass is 381 g/mol. The van der Waals surface area contributed by atoms with Gasteiger partial charge in [-0.3, -0.25) is 4.79 Å². The lowest BCUT2D eigenvalue weighted by molar-refractivity contribution is -0.113. The Morgan fingerprint density at radius 3 is 2.56 bits per heavy atom. The second-order valence-electron chi connectivity index (χ2n) is 6.18. The van der Waals surface area contributed by atoms with Crippen LogP contribution in [0, 0.1) is 0 Å². The fourth-order valence-electron chi connectivity index (χ4n) is 2.62. The maximum atomic E-state index is 12.2. The summed E-state index contributed by atoms with van der Waals surface area (Å²) in [5, 5.41) is 11.6. The number of hydrogen-bond donors (Lipinski definition) is 2. The number of aromatic nitrogens is 3. The second kappa shape index (κ2) is 9.23. The van der Waals surface area contributed by atoms with Gasteiger partial charge in [-0.25, -0.2) is 4.68 Å². The summed E-state index contributed by atoms with van der Waals surface area (Å²) in [6.07, 6.45) is 3.41. The first-order valence-electron chi connectivity index (χ1n) is 8.95. The lowest BCUT2D eigenvalue weighted by atomic mass is 10.1. The number of amides is 1. The number of anilines is 1. The molecule has 0 aliphatic heterocycles. The number of hydrogen-bond acceptors (Lipinski definition) is 5. The van der Waals surface area contributed by atoms with E-state index in [4.69, 9.17) is 5.84 Å². The van der Waals surface area contributed by atoms with Crippen molar-refractivity contribution in [3.63, 3.8) is 0 Å². The fraction of sp³-hybridized carbons (Fsp3) is 0.250. The van der Waals surface area contributed by atoms with Gasteiger partial charge in [-0.2, -0.15) is 0 Å². The third kappa shape index (κ3) is 5.10. The molecule has 3 N–H and O–H groups in total. The number of thioether (sulfide) groups is 1. The van der Waals surface area contributed by atoms with E-state index < -0.39 is 0 Å². The molecule has 0 unspecified atom stereocenters. The molecule has 0 atom stereocenters. The standard InChI is InChI=1S/C20H23N5OS/c1-2-3-7-15-10-12-17(13-11-15)22-18(26)14-27-20-24-23-19(25(20)21)16-8-5-4-6-9-16/h4-6,8-13H,2-3,7,14,21H2,1H3,(H,22,26). The van der Waals surface area contributed by atoms with E-state index in [1.165, 1.54) is 34.8 Å². The van der Waals surface area contributed by atoms with Crippen LogP contribution in [-0.2, 0) is 11.2 Å². The molecule has 140 valence electrons. The van der Waals surface area contributed by atoms with E-state index in [0.717, 1.165) is 17.7 Å². The Morgan fingerprint density at radius 1 is 1.11 bits per heavy atom. The highest BCUT2D eigenvalue weighted by molar-refractivity contribution is 7.99. The molecule has 1 aromatic heterocycles. The van der Waals surface area contributed by atoms with E-state index in [-0.39, 0.29) is 11.7 Å². The summed E-state index contributed by atoms with van der Waals surface area (Å²) in [6, 6.07) is 17.6. The molecule has 0 fully saturated rings. The maximum absolute atomic E-state index is 12.2. The van der Waals surface area contributed by atoms with Crippen LogP contribution in [0.2, 0.25) is 0 Å². The summed E-state index contributed by atoms with van der Waals surface area (Å²) < 4.78 is 1.41. The molecular weight excluding hydrogens is 358 g/mol. The Balaban J connectivity index is 1.54. The third-order valence-electron chi connectivity index (χ3n) is 4.09. The largest absolute Gasteiger partial charge is 0.335 e. The molecule has 27 heavy (non-hydrogen) atoms. The van der Waals surface area contributed by atoms with E-state index in [2.05, 4.69) is 34.6 Å². The van der Waals surface area contributed by atoms with Crippen molar-refractivity contribution >= 4 is 23.4 Å². The number of nitrogens with one attached hydrogen (secondary N) is 1. The molecule has 0 bridgehead atoms. The zero-order chi connectivity index (χ0) is 19.1. The minimum absolute atomic E-state index is 0.106. The minimum atomic E-state index is -0.106. The highest BCUT2D eigenvalue weighted by atomic mass is 32.2. The number of nitrogen functional groups attached to an aromatic ring is 1. The molecule has 0 saturated heterocycles. The number of carbonyl (C=O) groups excluding carboxylic acids is 1. The quantitative estimate of drug-likeness (QED) is 0.459. The van der Waals surface area contributed by atoms with Crippen molar-refractivity contribution in [1.82, 2.24) is 14.9 Å². The summed E-state index contributed by atoms with van der Waals surface area (Å²) in [6.45, 7) is 2.18. The van der Waals surface area contributed by atoms with Gasteiger partial charge >= 0.3 is 0 Å². The van der Waals surface area contributed by atoms with Gasteiger partial charge < -0.3 is 11.2 Å². The van der Waals surface area contributed by atoms with Crippen molar-refractivity contribution in [3.8, 4) is 11.4 Å². The Kier molecular flexibility index (Phi) is 6.49. The smallest absolute Gasteiger partial charge is 0.234 e. The molecule has 0 aliphatic carbocycles. The molecule has 2 aromatic carbocycles. The van der Waals surface area contributed by atoms with E-state index in [9.17, 15) is 4.79 Å². The fourth-order valence-corrected chi connectivity index (χ4v) is 3.28. The molecule has 6 nitrogen and oxygen atoms in total. The summed E-state index contributed by atoms with van der Waals surface area (Å²) in [4.78, 5) is 12.2. The van der Waals surface area contributed by atoms with Crippen LogP contribution in [0.3, 0.4) is 0 Å². The van der Waals surface area contributed by atoms with Crippen molar-refractivity contribution in [2.24, 2.45) is 0 Å². The van der Waals surface area contributed by atoms with Gasteiger partial charge in [-0.15, -0.1) is 10.2 Å². The van der Waals surface area contributed by atoms with Gasteiger partial charge in [0, 0.05) is 11.3 Å². The number of unbranched alkanes of at least 4 members (excludes halogenated alkanes) is 1. The average molecular weight is 382 g/mol. The van der Waals surface area contributed by atoms with Gasteiger partial charge in [0.15, 0.2) is 5.82 Å².